The molecule has 3 heterocycles. The lowest BCUT2D eigenvalue weighted by molar-refractivity contribution is -0.132. The van der Waals surface area contributed by atoms with Gasteiger partial charge < -0.3 is 10.2 Å². The smallest absolute Gasteiger partial charge is 0.244 e. The van der Waals surface area contributed by atoms with E-state index in [-0.39, 0.29) is 18.5 Å². The first-order valence-electron chi connectivity index (χ1n) is 7.52. The van der Waals surface area contributed by atoms with Crippen molar-refractivity contribution in [2.24, 2.45) is 0 Å². The van der Waals surface area contributed by atoms with Crippen LogP contribution in [0.15, 0.2) is 30.9 Å². The van der Waals surface area contributed by atoms with Gasteiger partial charge in [0.1, 0.15) is 25.0 Å². The molecule has 1 fully saturated rings. The van der Waals surface area contributed by atoms with Gasteiger partial charge in [0.25, 0.3) is 0 Å². The highest BCUT2D eigenvalue weighted by Gasteiger charge is 2.28. The number of aromatic nitrogens is 4. The van der Waals surface area contributed by atoms with Crippen molar-refractivity contribution in [3.8, 4) is 0 Å². The molecule has 1 aliphatic heterocycles. The molecule has 0 aliphatic carbocycles. The Morgan fingerprint density at radius 3 is 3.14 bits per heavy atom. The minimum atomic E-state index is 0.0898. The summed E-state index contributed by atoms with van der Waals surface area (Å²) in [6, 6.07) is 6.10. The molecule has 2 aromatic heterocycles. The Hall–Kier alpha value is -2.44. The Bertz CT molecular complexity index is 627. The van der Waals surface area contributed by atoms with Gasteiger partial charge in [-0.2, -0.15) is 5.10 Å². The third-order valence-electron chi connectivity index (χ3n) is 3.87. The monoisotopic (exact) mass is 300 g/mol. The number of hydrogen-bond donors (Lipinski definition) is 1. The van der Waals surface area contributed by atoms with Crippen molar-refractivity contribution < 1.29 is 4.79 Å². The molecule has 1 unspecified atom stereocenters. The molecule has 0 radical (unpaired) electrons. The van der Waals surface area contributed by atoms with Crippen molar-refractivity contribution in [3.63, 3.8) is 0 Å². The summed E-state index contributed by atoms with van der Waals surface area (Å²) in [5, 5.41) is 7.32. The van der Waals surface area contributed by atoms with Crippen LogP contribution in [0.1, 0.15) is 18.5 Å². The Morgan fingerprint density at radius 1 is 1.45 bits per heavy atom. The number of carbonyl (C=O) groups is 1. The van der Waals surface area contributed by atoms with Gasteiger partial charge in [0.15, 0.2) is 0 Å². The minimum Gasteiger partial charge on any atom is -0.368 e. The minimum absolute atomic E-state index is 0.0898. The molecule has 1 saturated heterocycles. The third kappa shape index (κ3) is 3.41. The molecule has 7 heteroatoms. The summed E-state index contributed by atoms with van der Waals surface area (Å²) in [7, 11) is 0. The van der Waals surface area contributed by atoms with Gasteiger partial charge in [-0.05, 0) is 31.9 Å². The molecule has 1 N–H and O–H groups in total. The van der Waals surface area contributed by atoms with Crippen molar-refractivity contribution in [2.45, 2.75) is 32.4 Å². The number of pyridine rings is 1. The molecule has 7 nitrogen and oxygen atoms in total. The number of likely N-dealkylation sites (tertiary alicyclic amines) is 1. The summed E-state index contributed by atoms with van der Waals surface area (Å²) in [5.41, 5.74) is 0.982. The molecule has 1 atom stereocenters. The van der Waals surface area contributed by atoms with Gasteiger partial charge in [0.2, 0.25) is 5.91 Å². The summed E-state index contributed by atoms with van der Waals surface area (Å²) in [5.74, 6) is 0.947. The Labute approximate surface area is 129 Å². The Balaban J connectivity index is 1.57. The van der Waals surface area contributed by atoms with Crippen LogP contribution in [0, 0.1) is 6.92 Å². The standard InChI is InChI=1S/C15H20N6O/c1-12-4-2-6-14(19-12)17-8-13-5-3-7-21(13)15(22)9-20-11-16-10-18-20/h2,4,6,10-11,13H,3,5,7-9H2,1H3,(H,17,19). The second-order valence-corrected chi connectivity index (χ2v) is 5.52. The predicted molar refractivity (Wildman–Crippen MR) is 82.2 cm³/mol. The van der Waals surface area contributed by atoms with E-state index in [0.29, 0.717) is 0 Å². The molecule has 1 aliphatic rings. The van der Waals surface area contributed by atoms with Gasteiger partial charge in [-0.3, -0.25) is 4.79 Å². The second kappa shape index (κ2) is 6.55. The van der Waals surface area contributed by atoms with Crippen LogP contribution in [0.25, 0.3) is 0 Å². The number of carbonyl (C=O) groups excluding carboxylic acids is 1. The lowest BCUT2D eigenvalue weighted by Crippen LogP contribution is -2.41. The van der Waals surface area contributed by atoms with Crippen molar-refractivity contribution in [3.05, 3.63) is 36.5 Å². The van der Waals surface area contributed by atoms with E-state index in [1.807, 2.05) is 30.0 Å². The molecule has 1 amide bonds. The van der Waals surface area contributed by atoms with Crippen molar-refractivity contribution in [2.75, 3.05) is 18.4 Å². The molecule has 116 valence electrons. The summed E-state index contributed by atoms with van der Waals surface area (Å²) >= 11 is 0. The molecule has 0 saturated carbocycles. The maximum Gasteiger partial charge on any atom is 0.244 e. The SMILES string of the molecule is Cc1cccc(NCC2CCCN2C(=O)Cn2cncn2)n1. The zero-order valence-corrected chi connectivity index (χ0v) is 12.6. The molecule has 0 spiro atoms. The largest absolute Gasteiger partial charge is 0.368 e. The maximum absolute atomic E-state index is 12.4. The van der Waals surface area contributed by atoms with Crippen LogP contribution in [0.2, 0.25) is 0 Å². The van der Waals surface area contributed by atoms with Gasteiger partial charge in [0, 0.05) is 24.8 Å². The van der Waals surface area contributed by atoms with Gasteiger partial charge >= 0.3 is 0 Å². The van der Waals surface area contributed by atoms with Gasteiger partial charge in [-0.25, -0.2) is 14.6 Å². The zero-order valence-electron chi connectivity index (χ0n) is 12.6. The number of anilines is 1. The highest BCUT2D eigenvalue weighted by molar-refractivity contribution is 5.76. The van der Waals surface area contributed by atoms with E-state index < -0.39 is 0 Å². The first-order chi connectivity index (χ1) is 10.7. The fraction of sp³-hybridized carbons (Fsp3) is 0.467. The van der Waals surface area contributed by atoms with E-state index in [1.54, 1.807) is 11.0 Å². The molecular formula is C15H20N6O. The zero-order chi connectivity index (χ0) is 15.4. The van der Waals surface area contributed by atoms with Crippen LogP contribution >= 0.6 is 0 Å². The predicted octanol–water partition coefficient (Wildman–Crippen LogP) is 1.08. The summed E-state index contributed by atoms with van der Waals surface area (Å²) < 4.78 is 1.56. The van der Waals surface area contributed by atoms with Crippen molar-refractivity contribution >= 4 is 11.7 Å². The molecule has 22 heavy (non-hydrogen) atoms. The van der Waals surface area contributed by atoms with Crippen LogP contribution in [-0.4, -0.2) is 49.7 Å². The highest BCUT2D eigenvalue weighted by atomic mass is 16.2. The Morgan fingerprint density at radius 2 is 2.36 bits per heavy atom. The van der Waals surface area contributed by atoms with Crippen molar-refractivity contribution in [1.82, 2.24) is 24.6 Å². The number of amides is 1. The second-order valence-electron chi connectivity index (χ2n) is 5.52. The molecule has 0 aromatic carbocycles. The van der Waals surface area contributed by atoms with E-state index in [1.165, 1.54) is 6.33 Å². The molecule has 2 aromatic rings. The molecular weight excluding hydrogens is 280 g/mol. The van der Waals surface area contributed by atoms with Crippen LogP contribution < -0.4 is 5.32 Å². The van der Waals surface area contributed by atoms with E-state index in [0.717, 1.165) is 37.4 Å². The average molecular weight is 300 g/mol. The maximum atomic E-state index is 12.4. The summed E-state index contributed by atoms with van der Waals surface area (Å²) in [6.07, 6.45) is 5.07. The van der Waals surface area contributed by atoms with Crippen LogP contribution in [0.3, 0.4) is 0 Å². The lowest BCUT2D eigenvalue weighted by Gasteiger charge is -2.25. The van der Waals surface area contributed by atoms with Crippen LogP contribution in [0.5, 0.6) is 0 Å². The summed E-state index contributed by atoms with van der Waals surface area (Å²) in [6.45, 7) is 3.74. The van der Waals surface area contributed by atoms with Crippen LogP contribution in [0.4, 0.5) is 5.82 Å². The van der Waals surface area contributed by atoms with Gasteiger partial charge in [0.05, 0.1) is 0 Å². The molecule has 0 bridgehead atoms. The van der Waals surface area contributed by atoms with E-state index in [4.69, 9.17) is 0 Å². The number of aryl methyl sites for hydroxylation is 1. The number of hydrogen-bond acceptors (Lipinski definition) is 5. The van der Waals surface area contributed by atoms with E-state index in [9.17, 15) is 4.79 Å². The third-order valence-corrected chi connectivity index (χ3v) is 3.87. The number of nitrogens with one attached hydrogen (secondary N) is 1. The molecule has 3 rings (SSSR count). The van der Waals surface area contributed by atoms with Crippen LogP contribution in [-0.2, 0) is 11.3 Å². The lowest BCUT2D eigenvalue weighted by atomic mass is 10.2. The van der Waals surface area contributed by atoms with Gasteiger partial charge in [-0.1, -0.05) is 6.07 Å². The van der Waals surface area contributed by atoms with E-state index >= 15 is 0 Å². The topological polar surface area (TPSA) is 75.9 Å². The Kier molecular flexibility index (Phi) is 4.32. The highest BCUT2D eigenvalue weighted by Crippen LogP contribution is 2.18. The van der Waals surface area contributed by atoms with Crippen molar-refractivity contribution in [1.29, 1.82) is 0 Å². The van der Waals surface area contributed by atoms with E-state index in [2.05, 4.69) is 20.4 Å². The first-order valence-corrected chi connectivity index (χ1v) is 7.52. The average Bonchev–Trinajstić information content (AvgIpc) is 3.16. The van der Waals surface area contributed by atoms with Gasteiger partial charge in [-0.15, -0.1) is 0 Å². The normalized spacial score (nSPS) is 17.7. The number of rotatable bonds is 5. The first kappa shape index (κ1) is 14.5. The quantitative estimate of drug-likeness (QED) is 0.894. The fourth-order valence-corrected chi connectivity index (χ4v) is 2.78. The fourth-order valence-electron chi connectivity index (χ4n) is 2.78. The number of nitrogens with zero attached hydrogens (tertiary/aromatic N) is 5. The summed E-state index contributed by atoms with van der Waals surface area (Å²) in [4.78, 5) is 22.6.